The molecule has 0 saturated carbocycles. The van der Waals surface area contributed by atoms with Gasteiger partial charge in [-0.2, -0.15) is 0 Å². The van der Waals surface area contributed by atoms with Crippen LogP contribution >= 0.6 is 11.6 Å². The zero-order valence-corrected chi connectivity index (χ0v) is 13.1. The molecule has 0 spiro atoms. The number of pyridine rings is 1. The van der Waals surface area contributed by atoms with Gasteiger partial charge in [0, 0.05) is 34.6 Å². The SMILES string of the molecule is Cc1noc(Cl)c1CCC(=O)Nc1ccc2[nH]c(=O)ccc2c1. The summed E-state index contributed by atoms with van der Waals surface area (Å²) in [6.07, 6.45) is 0.729. The summed E-state index contributed by atoms with van der Waals surface area (Å²) < 4.78 is 4.86. The quantitative estimate of drug-likeness (QED) is 0.769. The number of carbonyl (C=O) groups excluding carboxylic acids is 1. The number of aryl methyl sites for hydroxylation is 1. The van der Waals surface area contributed by atoms with Crippen molar-refractivity contribution in [1.29, 1.82) is 0 Å². The molecule has 0 bridgehead atoms. The number of hydrogen-bond donors (Lipinski definition) is 2. The van der Waals surface area contributed by atoms with Crippen LogP contribution in [0.3, 0.4) is 0 Å². The second kappa shape index (κ2) is 6.26. The van der Waals surface area contributed by atoms with Crippen molar-refractivity contribution in [2.75, 3.05) is 5.32 Å². The highest BCUT2D eigenvalue weighted by Gasteiger charge is 2.12. The summed E-state index contributed by atoms with van der Waals surface area (Å²) >= 11 is 5.88. The maximum atomic E-state index is 12.1. The van der Waals surface area contributed by atoms with Crippen LogP contribution in [0.4, 0.5) is 5.69 Å². The van der Waals surface area contributed by atoms with Gasteiger partial charge >= 0.3 is 0 Å². The molecule has 118 valence electrons. The monoisotopic (exact) mass is 331 g/mol. The molecule has 7 heteroatoms. The van der Waals surface area contributed by atoms with Gasteiger partial charge in [0.05, 0.1) is 5.69 Å². The van der Waals surface area contributed by atoms with Gasteiger partial charge in [-0.15, -0.1) is 0 Å². The Morgan fingerprint density at radius 3 is 2.91 bits per heavy atom. The first-order valence-electron chi connectivity index (χ1n) is 7.06. The molecule has 0 saturated heterocycles. The van der Waals surface area contributed by atoms with Crippen LogP contribution < -0.4 is 10.9 Å². The van der Waals surface area contributed by atoms with Crippen LogP contribution in [-0.4, -0.2) is 16.0 Å². The van der Waals surface area contributed by atoms with Gasteiger partial charge in [-0.3, -0.25) is 9.59 Å². The molecule has 3 aromatic rings. The molecule has 23 heavy (non-hydrogen) atoms. The number of aromatic amines is 1. The van der Waals surface area contributed by atoms with Crippen LogP contribution in [0, 0.1) is 6.92 Å². The smallest absolute Gasteiger partial charge is 0.248 e. The minimum Gasteiger partial charge on any atom is -0.344 e. The molecule has 2 N–H and O–H groups in total. The van der Waals surface area contributed by atoms with E-state index in [9.17, 15) is 9.59 Å². The zero-order valence-electron chi connectivity index (χ0n) is 12.4. The van der Waals surface area contributed by atoms with E-state index in [0.29, 0.717) is 17.8 Å². The average molecular weight is 332 g/mol. The summed E-state index contributed by atoms with van der Waals surface area (Å²) in [5, 5.41) is 7.65. The van der Waals surface area contributed by atoms with E-state index in [2.05, 4.69) is 15.5 Å². The Labute approximate surface area is 136 Å². The second-order valence-corrected chi connectivity index (χ2v) is 5.54. The van der Waals surface area contributed by atoms with Crippen molar-refractivity contribution in [1.82, 2.24) is 10.1 Å². The number of aromatic nitrogens is 2. The lowest BCUT2D eigenvalue weighted by Crippen LogP contribution is -2.12. The second-order valence-electron chi connectivity index (χ2n) is 5.19. The molecule has 3 rings (SSSR count). The Hall–Kier alpha value is -2.60. The maximum absolute atomic E-state index is 12.1. The summed E-state index contributed by atoms with van der Waals surface area (Å²) in [4.78, 5) is 26.0. The largest absolute Gasteiger partial charge is 0.344 e. The van der Waals surface area contributed by atoms with Crippen molar-refractivity contribution >= 4 is 34.1 Å². The maximum Gasteiger partial charge on any atom is 0.248 e. The fourth-order valence-corrected chi connectivity index (χ4v) is 2.60. The number of carbonyl (C=O) groups is 1. The number of benzene rings is 1. The minimum absolute atomic E-state index is 0.134. The number of anilines is 1. The Kier molecular flexibility index (Phi) is 4.16. The number of halogens is 1. The fourth-order valence-electron chi connectivity index (χ4n) is 2.33. The zero-order chi connectivity index (χ0) is 16.4. The molecule has 1 aromatic carbocycles. The van der Waals surface area contributed by atoms with E-state index in [-0.39, 0.29) is 23.1 Å². The summed E-state index contributed by atoms with van der Waals surface area (Å²) in [6, 6.07) is 8.47. The van der Waals surface area contributed by atoms with Gasteiger partial charge in [0.15, 0.2) is 0 Å². The van der Waals surface area contributed by atoms with Gasteiger partial charge in [0.1, 0.15) is 0 Å². The molecule has 2 aromatic heterocycles. The molecular formula is C16H14ClN3O3. The lowest BCUT2D eigenvalue weighted by Gasteiger charge is -2.06. The van der Waals surface area contributed by atoms with Gasteiger partial charge < -0.3 is 14.8 Å². The first-order valence-corrected chi connectivity index (χ1v) is 7.44. The number of hydrogen-bond acceptors (Lipinski definition) is 4. The third kappa shape index (κ3) is 3.43. The van der Waals surface area contributed by atoms with Gasteiger partial charge in [-0.25, -0.2) is 0 Å². The van der Waals surface area contributed by atoms with Crippen LogP contribution in [-0.2, 0) is 11.2 Å². The van der Waals surface area contributed by atoms with E-state index < -0.39 is 0 Å². The molecule has 0 unspecified atom stereocenters. The number of H-pyrrole nitrogens is 1. The molecule has 0 atom stereocenters. The lowest BCUT2D eigenvalue weighted by molar-refractivity contribution is -0.116. The number of nitrogens with one attached hydrogen (secondary N) is 2. The fraction of sp³-hybridized carbons (Fsp3) is 0.188. The summed E-state index contributed by atoms with van der Waals surface area (Å²) in [5.41, 5.74) is 2.68. The van der Waals surface area contributed by atoms with Gasteiger partial charge in [0.25, 0.3) is 0 Å². The van der Waals surface area contributed by atoms with Crippen LogP contribution in [0.1, 0.15) is 17.7 Å². The van der Waals surface area contributed by atoms with Gasteiger partial charge in [0.2, 0.25) is 16.7 Å². The minimum atomic E-state index is -0.157. The van der Waals surface area contributed by atoms with Crippen molar-refractivity contribution < 1.29 is 9.32 Å². The van der Waals surface area contributed by atoms with Crippen molar-refractivity contribution in [3.63, 3.8) is 0 Å². The van der Waals surface area contributed by atoms with Crippen LogP contribution in [0.2, 0.25) is 5.22 Å². The van der Waals surface area contributed by atoms with Gasteiger partial charge in [-0.1, -0.05) is 5.16 Å². The molecule has 1 amide bonds. The number of amides is 1. The molecule has 6 nitrogen and oxygen atoms in total. The predicted molar refractivity (Wildman–Crippen MR) is 87.8 cm³/mol. The number of nitrogens with zero attached hydrogens (tertiary/aromatic N) is 1. The average Bonchev–Trinajstić information content (AvgIpc) is 2.84. The standard InChI is InChI=1S/C16H14ClN3O3/c1-9-12(16(17)23-20-9)4-7-14(21)18-11-3-5-13-10(8-11)2-6-15(22)19-13/h2-3,5-6,8H,4,7H2,1H3,(H,18,21)(H,19,22). The van der Waals surface area contributed by atoms with Crippen molar-refractivity contribution in [2.24, 2.45) is 0 Å². The first-order chi connectivity index (χ1) is 11.0. The number of rotatable bonds is 4. The van der Waals surface area contributed by atoms with Crippen molar-refractivity contribution in [2.45, 2.75) is 19.8 Å². The summed E-state index contributed by atoms with van der Waals surface area (Å²) in [7, 11) is 0. The third-order valence-electron chi connectivity index (χ3n) is 3.55. The molecule has 0 aliphatic rings. The van der Waals surface area contributed by atoms with E-state index in [1.807, 2.05) is 0 Å². The molecule has 0 fully saturated rings. The molecular weight excluding hydrogens is 318 g/mol. The van der Waals surface area contributed by atoms with E-state index in [4.69, 9.17) is 16.1 Å². The van der Waals surface area contributed by atoms with Crippen molar-refractivity contribution in [3.8, 4) is 0 Å². The summed E-state index contributed by atoms with van der Waals surface area (Å²) in [6.45, 7) is 1.78. The highest BCUT2D eigenvalue weighted by Crippen LogP contribution is 2.21. The van der Waals surface area contributed by atoms with E-state index in [0.717, 1.165) is 16.5 Å². The molecule has 2 heterocycles. The van der Waals surface area contributed by atoms with Crippen molar-refractivity contribution in [3.05, 3.63) is 57.2 Å². The molecule has 0 aliphatic heterocycles. The number of fused-ring (bicyclic) bond motifs is 1. The highest BCUT2D eigenvalue weighted by atomic mass is 35.5. The van der Waals surface area contributed by atoms with Crippen LogP contribution in [0.5, 0.6) is 0 Å². The Balaban J connectivity index is 1.68. The third-order valence-corrected chi connectivity index (χ3v) is 3.84. The predicted octanol–water partition coefficient (Wildman–Crippen LogP) is 3.05. The lowest BCUT2D eigenvalue weighted by atomic mass is 10.1. The van der Waals surface area contributed by atoms with Crippen LogP contribution in [0.15, 0.2) is 39.6 Å². The Morgan fingerprint density at radius 1 is 1.35 bits per heavy atom. The highest BCUT2D eigenvalue weighted by molar-refractivity contribution is 6.29. The Morgan fingerprint density at radius 2 is 2.17 bits per heavy atom. The summed E-state index contributed by atoms with van der Waals surface area (Å²) in [5.74, 6) is -0.134. The van der Waals surface area contributed by atoms with E-state index >= 15 is 0 Å². The first kappa shape index (κ1) is 15.3. The van der Waals surface area contributed by atoms with E-state index in [1.54, 1.807) is 31.2 Å². The molecule has 0 radical (unpaired) electrons. The van der Waals surface area contributed by atoms with E-state index in [1.165, 1.54) is 6.07 Å². The molecule has 0 aliphatic carbocycles. The van der Waals surface area contributed by atoms with Gasteiger partial charge in [-0.05, 0) is 49.2 Å². The topological polar surface area (TPSA) is 88.0 Å². The normalized spacial score (nSPS) is 10.9. The van der Waals surface area contributed by atoms with Crippen LogP contribution in [0.25, 0.3) is 10.9 Å². The Bertz CT molecular complexity index is 910.